The lowest BCUT2D eigenvalue weighted by atomic mass is 10.1. The molecule has 1 saturated heterocycles. The second-order valence-electron chi connectivity index (χ2n) is 8.70. The van der Waals surface area contributed by atoms with E-state index in [1.54, 1.807) is 12.1 Å². The van der Waals surface area contributed by atoms with Crippen molar-refractivity contribution >= 4 is 27.0 Å². The van der Waals surface area contributed by atoms with Crippen molar-refractivity contribution in [2.24, 2.45) is 0 Å². The Morgan fingerprint density at radius 2 is 1.37 bits per heavy atom. The van der Waals surface area contributed by atoms with Gasteiger partial charge in [0.05, 0.1) is 24.1 Å². The highest BCUT2D eigenvalue weighted by atomic mass is 32.2. The quantitative estimate of drug-likeness (QED) is 0.173. The molecule has 38 heavy (non-hydrogen) atoms. The van der Waals surface area contributed by atoms with Crippen molar-refractivity contribution in [3.05, 3.63) is 84.4 Å². The second kappa shape index (κ2) is 11.5. The predicted molar refractivity (Wildman–Crippen MR) is 137 cm³/mol. The first-order valence-corrected chi connectivity index (χ1v) is 14.5. The molecule has 0 bridgehead atoms. The van der Waals surface area contributed by atoms with Gasteiger partial charge in [-0.3, -0.25) is 4.55 Å². The van der Waals surface area contributed by atoms with Crippen molar-refractivity contribution in [1.29, 1.82) is 0 Å². The monoisotopic (exact) mass is 565 g/mol. The van der Waals surface area contributed by atoms with E-state index < -0.39 is 38.0 Å². The van der Waals surface area contributed by atoms with Crippen LogP contribution < -0.4 is 4.74 Å². The summed E-state index contributed by atoms with van der Waals surface area (Å²) in [4.78, 5) is 14.4. The molecule has 1 N–H and O–H groups in total. The molecule has 3 aromatic rings. The minimum atomic E-state index is -5.96. The van der Waals surface area contributed by atoms with Crippen molar-refractivity contribution in [3.63, 3.8) is 0 Å². The number of rotatable bonds is 7. The van der Waals surface area contributed by atoms with Gasteiger partial charge < -0.3 is 14.2 Å². The fourth-order valence-electron chi connectivity index (χ4n) is 3.90. The highest BCUT2D eigenvalue weighted by Crippen LogP contribution is 2.35. The van der Waals surface area contributed by atoms with Crippen molar-refractivity contribution < 1.29 is 40.8 Å². The Kier molecular flexibility index (Phi) is 8.53. The number of benzene rings is 3. The Bertz CT molecular complexity index is 1340. The molecule has 0 aliphatic carbocycles. The smallest absolute Gasteiger partial charge is 0.421 e. The van der Waals surface area contributed by atoms with Gasteiger partial charge in [0.25, 0.3) is 0 Å². The Morgan fingerprint density at radius 3 is 1.89 bits per heavy atom. The number of hydrogen-bond donors (Lipinski definition) is 1. The summed E-state index contributed by atoms with van der Waals surface area (Å²) in [6.07, 6.45) is 3.02. The van der Waals surface area contributed by atoms with Gasteiger partial charge in [-0.25, -0.2) is 4.79 Å². The molecule has 1 aliphatic rings. The zero-order valence-corrected chi connectivity index (χ0v) is 22.1. The number of hydrogen-bond acceptors (Lipinski definition) is 6. The van der Waals surface area contributed by atoms with Crippen LogP contribution in [0.5, 0.6) is 5.75 Å². The first kappa shape index (κ1) is 28.2. The molecule has 0 spiro atoms. The number of ether oxygens (including phenoxy) is 3. The van der Waals surface area contributed by atoms with Crippen molar-refractivity contribution in [2.75, 3.05) is 13.2 Å². The molecule has 1 heterocycles. The van der Waals surface area contributed by atoms with E-state index >= 15 is 0 Å². The molecule has 7 nitrogen and oxygen atoms in total. The average molecular weight is 566 g/mol. The number of carbonyl (C=O) groups excluding carboxylic acids is 1. The van der Waals surface area contributed by atoms with Gasteiger partial charge in [0.15, 0.2) is 20.5 Å². The lowest BCUT2D eigenvalue weighted by Crippen LogP contribution is -2.40. The van der Waals surface area contributed by atoms with Crippen LogP contribution in [0.4, 0.5) is 8.78 Å². The van der Waals surface area contributed by atoms with E-state index in [4.69, 9.17) is 14.0 Å². The highest BCUT2D eigenvalue weighted by Gasteiger charge is 2.54. The maximum atomic E-state index is 13.6. The minimum absolute atomic E-state index is 0.291. The Morgan fingerprint density at radius 1 is 0.868 bits per heavy atom. The Hall–Kier alpha value is -2.83. The van der Waals surface area contributed by atoms with Crippen LogP contribution in [-0.2, 0) is 41.1 Å². The normalized spacial score (nSPS) is 17.2. The molecule has 4 rings (SSSR count). The number of alkyl halides is 2. The number of halogens is 2. The van der Waals surface area contributed by atoms with E-state index in [2.05, 4.69) is 4.74 Å². The van der Waals surface area contributed by atoms with Crippen molar-refractivity contribution in [1.82, 2.24) is 0 Å². The summed E-state index contributed by atoms with van der Waals surface area (Å²) in [7, 11) is -6.57. The summed E-state index contributed by atoms with van der Waals surface area (Å²) in [6.45, 7) is 3.13. The third-order valence-corrected chi connectivity index (χ3v) is 9.01. The summed E-state index contributed by atoms with van der Waals surface area (Å²) in [5, 5.41) is -5.08. The van der Waals surface area contributed by atoms with E-state index in [1.165, 1.54) is 12.1 Å². The van der Waals surface area contributed by atoms with Crippen LogP contribution in [0.15, 0.2) is 93.5 Å². The largest absolute Gasteiger partial charge is 0.466 e. The molecular weight excluding hydrogens is 538 g/mol. The van der Waals surface area contributed by atoms with Gasteiger partial charge in [-0.15, -0.1) is 0 Å². The number of esters is 1. The topological polar surface area (TPSA) is 99.1 Å². The van der Waals surface area contributed by atoms with Gasteiger partial charge >= 0.3 is 21.3 Å². The van der Waals surface area contributed by atoms with E-state index in [0.29, 0.717) is 13.2 Å². The molecular formula is C27H27F2O7S2+. The van der Waals surface area contributed by atoms with Gasteiger partial charge in [-0.2, -0.15) is 17.2 Å². The van der Waals surface area contributed by atoms with E-state index in [-0.39, 0.29) is 5.75 Å². The van der Waals surface area contributed by atoms with Crippen molar-refractivity contribution in [3.8, 4) is 5.75 Å². The zero-order valence-electron chi connectivity index (χ0n) is 20.5. The molecule has 0 aromatic heterocycles. The molecule has 0 amide bonds. The van der Waals surface area contributed by atoms with Gasteiger partial charge in [-0.1, -0.05) is 18.2 Å². The molecule has 202 valence electrons. The number of carbonyl (C=O) groups is 1. The molecule has 3 aromatic carbocycles. The highest BCUT2D eigenvalue weighted by molar-refractivity contribution is 7.97. The first-order chi connectivity index (χ1) is 18.0. The lowest BCUT2D eigenvalue weighted by Gasteiger charge is -2.32. The first-order valence-electron chi connectivity index (χ1n) is 11.9. The van der Waals surface area contributed by atoms with E-state index in [0.717, 1.165) is 39.5 Å². The molecule has 1 unspecified atom stereocenters. The molecule has 0 saturated carbocycles. The van der Waals surface area contributed by atoms with Crippen LogP contribution in [0.1, 0.15) is 31.7 Å². The third kappa shape index (κ3) is 6.24. The maximum Gasteiger partial charge on any atom is 0.466 e. The molecule has 1 aliphatic heterocycles. The Balaban J connectivity index is 1.61. The standard InChI is InChI=1S/C27H26F2O7S2/c1-26(34-18-6-3-7-19-35-26)20-10-14-23(15-11-20)37(22-8-4-2-5-9-22)24-16-12-21(13-17-24)36-25(30)27(28,29)38(31,32)33/h2,4-5,8-17H,3,6-7,18-19H2,1H3/p+1. The summed E-state index contributed by atoms with van der Waals surface area (Å²) in [5.74, 6) is -3.53. The van der Waals surface area contributed by atoms with Gasteiger partial charge in [-0.05, 0) is 86.8 Å². The van der Waals surface area contributed by atoms with E-state index in [1.807, 2.05) is 61.5 Å². The fraction of sp³-hybridized carbons (Fsp3) is 0.296. The van der Waals surface area contributed by atoms with Crippen LogP contribution >= 0.6 is 0 Å². The van der Waals surface area contributed by atoms with Crippen LogP contribution in [0, 0.1) is 0 Å². The van der Waals surface area contributed by atoms with Crippen molar-refractivity contribution in [2.45, 2.75) is 51.9 Å². The fourth-order valence-corrected chi connectivity index (χ4v) is 6.21. The SMILES string of the molecule is CC1(c2ccc([S+](c3ccccc3)c3ccc(OC(=O)C(F)(F)S(=O)(=O)O)cc3)cc2)OCCCCCO1. The van der Waals surface area contributed by atoms with Crippen LogP contribution in [0.2, 0.25) is 0 Å². The van der Waals surface area contributed by atoms with Crippen LogP contribution in [-0.4, -0.2) is 37.4 Å². The lowest BCUT2D eigenvalue weighted by molar-refractivity contribution is -0.241. The molecule has 11 heteroatoms. The third-order valence-electron chi connectivity index (χ3n) is 5.97. The van der Waals surface area contributed by atoms with E-state index in [9.17, 15) is 22.0 Å². The molecule has 1 atom stereocenters. The van der Waals surface area contributed by atoms with Gasteiger partial charge in [0, 0.05) is 5.56 Å². The summed E-state index contributed by atoms with van der Waals surface area (Å²) in [6, 6.07) is 23.4. The van der Waals surface area contributed by atoms with Crippen LogP contribution in [0.25, 0.3) is 0 Å². The average Bonchev–Trinajstić information content (AvgIpc) is 2.88. The Labute approximate surface area is 222 Å². The van der Waals surface area contributed by atoms with Gasteiger partial charge in [0.2, 0.25) is 0 Å². The maximum absolute atomic E-state index is 13.6. The minimum Gasteiger partial charge on any atom is -0.421 e. The second-order valence-corrected chi connectivity index (χ2v) is 12.2. The van der Waals surface area contributed by atoms with Gasteiger partial charge in [0.1, 0.15) is 5.75 Å². The molecule has 0 radical (unpaired) electrons. The zero-order chi connectivity index (χ0) is 27.4. The van der Waals surface area contributed by atoms with Crippen LogP contribution in [0.3, 0.4) is 0 Å². The molecule has 1 fully saturated rings. The predicted octanol–water partition coefficient (Wildman–Crippen LogP) is 5.56. The summed E-state index contributed by atoms with van der Waals surface area (Å²) in [5.41, 5.74) is 0.891. The summed E-state index contributed by atoms with van der Waals surface area (Å²) < 4.78 is 74.0. The summed E-state index contributed by atoms with van der Waals surface area (Å²) >= 11 is 0.